The molecule has 4 rings (SSSR count). The molecule has 3 aromatic rings. The number of benzene rings is 2. The Kier molecular flexibility index (Phi) is 5.68. The van der Waals surface area contributed by atoms with Crippen LogP contribution < -0.4 is 25.7 Å². The fraction of sp³-hybridized carbons (Fsp3) is 0.174. The van der Waals surface area contributed by atoms with Gasteiger partial charge in [0.15, 0.2) is 6.61 Å². The average molecular weight is 431 g/mol. The molecule has 2 heterocycles. The summed E-state index contributed by atoms with van der Waals surface area (Å²) in [5.41, 5.74) is 14.2. The Balaban J connectivity index is 1.89. The number of carbonyl (C=O) groups excluding carboxylic acids is 1. The number of nitrogens with zero attached hydrogens (tertiary/aromatic N) is 2. The number of amides is 1. The van der Waals surface area contributed by atoms with Gasteiger partial charge in [0.2, 0.25) is 11.8 Å². The normalized spacial score (nSPS) is 14.8. The van der Waals surface area contributed by atoms with Crippen molar-refractivity contribution in [1.29, 1.82) is 5.26 Å². The standard InChI is InChI=1S/C23H21N5O4/c1-2-30-14-7-5-6-13(10-14)21-20-19(16(11-24)22(26)32-23(20)28-27-21)15-8-3-4-9-17(15)31-12-18(25)29/h3-10,19H,2,12,26H2,1H3,(H2,25,29)(H,27,28). The molecule has 1 aromatic heterocycles. The van der Waals surface area contributed by atoms with Gasteiger partial charge in [-0.1, -0.05) is 30.3 Å². The van der Waals surface area contributed by atoms with Gasteiger partial charge in [-0.15, -0.1) is 5.10 Å². The van der Waals surface area contributed by atoms with Gasteiger partial charge in [-0.2, -0.15) is 5.26 Å². The third-order valence-corrected chi connectivity index (χ3v) is 4.97. The number of ether oxygens (including phenoxy) is 3. The summed E-state index contributed by atoms with van der Waals surface area (Å²) < 4.78 is 16.9. The van der Waals surface area contributed by atoms with Crippen molar-refractivity contribution >= 4 is 5.91 Å². The zero-order valence-corrected chi connectivity index (χ0v) is 17.3. The third-order valence-electron chi connectivity index (χ3n) is 4.97. The molecular formula is C23H21N5O4. The zero-order chi connectivity index (χ0) is 22.7. The topological polar surface area (TPSA) is 149 Å². The third kappa shape index (κ3) is 3.81. The Labute approximate surface area is 184 Å². The second kappa shape index (κ2) is 8.73. The molecule has 32 heavy (non-hydrogen) atoms. The van der Waals surface area contributed by atoms with Crippen LogP contribution in [0, 0.1) is 11.3 Å². The number of primary amides is 1. The monoisotopic (exact) mass is 431 g/mol. The van der Waals surface area contributed by atoms with Gasteiger partial charge in [-0.3, -0.25) is 9.89 Å². The number of carbonyl (C=O) groups is 1. The number of fused-ring (bicyclic) bond motifs is 1. The SMILES string of the molecule is CCOc1cccc(-c2[nH]nc3c2C(c2ccccc2OCC(N)=O)C(C#N)=C(N)O3)c1. The molecule has 0 fully saturated rings. The highest BCUT2D eigenvalue weighted by atomic mass is 16.5. The van der Waals surface area contributed by atoms with Crippen LogP contribution in [0.3, 0.4) is 0 Å². The molecule has 2 aromatic carbocycles. The number of allylic oxidation sites excluding steroid dienone is 1. The maximum atomic E-state index is 11.3. The highest BCUT2D eigenvalue weighted by Gasteiger charge is 2.37. The van der Waals surface area contributed by atoms with E-state index in [9.17, 15) is 10.1 Å². The van der Waals surface area contributed by atoms with Crippen LogP contribution in [0.2, 0.25) is 0 Å². The van der Waals surface area contributed by atoms with Crippen molar-refractivity contribution in [3.63, 3.8) is 0 Å². The molecule has 0 aliphatic carbocycles. The molecule has 0 saturated carbocycles. The number of aromatic nitrogens is 2. The van der Waals surface area contributed by atoms with Crippen LogP contribution in [0.5, 0.6) is 17.4 Å². The molecule has 1 unspecified atom stereocenters. The fourth-order valence-electron chi connectivity index (χ4n) is 3.68. The maximum absolute atomic E-state index is 11.3. The molecule has 5 N–H and O–H groups in total. The van der Waals surface area contributed by atoms with Gasteiger partial charge in [0.1, 0.15) is 23.1 Å². The number of aromatic amines is 1. The Morgan fingerprint density at radius 1 is 1.25 bits per heavy atom. The van der Waals surface area contributed by atoms with E-state index in [-0.39, 0.29) is 23.9 Å². The van der Waals surface area contributed by atoms with Gasteiger partial charge in [0.05, 0.1) is 23.8 Å². The predicted molar refractivity (Wildman–Crippen MR) is 116 cm³/mol. The van der Waals surface area contributed by atoms with Gasteiger partial charge in [0, 0.05) is 11.1 Å². The van der Waals surface area contributed by atoms with E-state index in [0.717, 1.165) is 5.56 Å². The zero-order valence-electron chi connectivity index (χ0n) is 17.3. The molecule has 0 saturated heterocycles. The molecule has 1 aliphatic heterocycles. The number of para-hydroxylation sites is 1. The minimum Gasteiger partial charge on any atom is -0.494 e. The van der Waals surface area contributed by atoms with Crippen molar-refractivity contribution in [3.05, 3.63) is 71.1 Å². The number of nitriles is 1. The highest BCUT2D eigenvalue weighted by Crippen LogP contribution is 2.48. The summed E-state index contributed by atoms with van der Waals surface area (Å²) in [4.78, 5) is 11.3. The Morgan fingerprint density at radius 3 is 2.81 bits per heavy atom. The second-order valence-corrected chi connectivity index (χ2v) is 7.00. The van der Waals surface area contributed by atoms with Gasteiger partial charge in [-0.05, 0) is 25.1 Å². The van der Waals surface area contributed by atoms with Crippen molar-refractivity contribution in [2.75, 3.05) is 13.2 Å². The summed E-state index contributed by atoms with van der Waals surface area (Å²) in [6, 6.07) is 16.7. The first-order valence-electron chi connectivity index (χ1n) is 9.92. The fourth-order valence-corrected chi connectivity index (χ4v) is 3.68. The van der Waals surface area contributed by atoms with Crippen LogP contribution in [0.4, 0.5) is 0 Å². The lowest BCUT2D eigenvalue weighted by molar-refractivity contribution is -0.119. The quantitative estimate of drug-likeness (QED) is 0.520. The molecule has 1 aliphatic rings. The van der Waals surface area contributed by atoms with Gasteiger partial charge in [-0.25, -0.2) is 0 Å². The first kappa shape index (κ1) is 20.8. The highest BCUT2D eigenvalue weighted by molar-refractivity contribution is 5.76. The van der Waals surface area contributed by atoms with E-state index < -0.39 is 11.8 Å². The van der Waals surface area contributed by atoms with Crippen LogP contribution in [-0.2, 0) is 4.79 Å². The maximum Gasteiger partial charge on any atom is 0.255 e. The minimum absolute atomic E-state index is 0.0455. The summed E-state index contributed by atoms with van der Waals surface area (Å²) in [6.45, 7) is 2.13. The largest absolute Gasteiger partial charge is 0.494 e. The number of hydrogen-bond acceptors (Lipinski definition) is 7. The van der Waals surface area contributed by atoms with Crippen molar-refractivity contribution < 1.29 is 19.0 Å². The number of rotatable bonds is 7. The number of nitrogens with two attached hydrogens (primary N) is 2. The van der Waals surface area contributed by atoms with E-state index >= 15 is 0 Å². The molecule has 9 nitrogen and oxygen atoms in total. The Bertz CT molecular complexity index is 1240. The van der Waals surface area contributed by atoms with Crippen LogP contribution >= 0.6 is 0 Å². The Hall–Kier alpha value is -4.45. The van der Waals surface area contributed by atoms with Crippen LogP contribution in [0.25, 0.3) is 11.3 Å². The molecule has 162 valence electrons. The first-order valence-corrected chi connectivity index (χ1v) is 9.92. The van der Waals surface area contributed by atoms with Crippen LogP contribution in [0.1, 0.15) is 24.0 Å². The lowest BCUT2D eigenvalue weighted by Gasteiger charge is -2.25. The van der Waals surface area contributed by atoms with Crippen LogP contribution in [-0.4, -0.2) is 29.3 Å². The molecule has 9 heteroatoms. The van der Waals surface area contributed by atoms with E-state index in [1.807, 2.05) is 37.3 Å². The molecular weight excluding hydrogens is 410 g/mol. The van der Waals surface area contributed by atoms with E-state index in [1.165, 1.54) is 0 Å². The lowest BCUT2D eigenvalue weighted by Crippen LogP contribution is -2.23. The molecule has 0 spiro atoms. The first-order chi connectivity index (χ1) is 15.5. The summed E-state index contributed by atoms with van der Waals surface area (Å²) in [5, 5.41) is 17.2. The summed E-state index contributed by atoms with van der Waals surface area (Å²) in [6.07, 6.45) is 0. The number of H-pyrrole nitrogens is 1. The van der Waals surface area contributed by atoms with Crippen molar-refractivity contribution in [1.82, 2.24) is 10.2 Å². The van der Waals surface area contributed by atoms with Gasteiger partial charge >= 0.3 is 0 Å². The van der Waals surface area contributed by atoms with E-state index in [4.69, 9.17) is 25.7 Å². The van der Waals surface area contributed by atoms with Gasteiger partial charge < -0.3 is 25.7 Å². The Morgan fingerprint density at radius 2 is 2.06 bits per heavy atom. The summed E-state index contributed by atoms with van der Waals surface area (Å²) >= 11 is 0. The molecule has 1 amide bonds. The van der Waals surface area contributed by atoms with Crippen molar-refractivity contribution in [2.24, 2.45) is 11.5 Å². The minimum atomic E-state index is -0.641. The van der Waals surface area contributed by atoms with Crippen molar-refractivity contribution in [3.8, 4) is 34.7 Å². The molecule has 0 radical (unpaired) electrons. The van der Waals surface area contributed by atoms with Crippen LogP contribution in [0.15, 0.2) is 60.0 Å². The molecule has 0 bridgehead atoms. The lowest BCUT2D eigenvalue weighted by atomic mass is 9.82. The van der Waals surface area contributed by atoms with Gasteiger partial charge in [0.25, 0.3) is 5.91 Å². The predicted octanol–water partition coefficient (Wildman–Crippen LogP) is 2.56. The molecule has 1 atom stereocenters. The van der Waals surface area contributed by atoms with Crippen molar-refractivity contribution in [2.45, 2.75) is 12.8 Å². The summed E-state index contributed by atoms with van der Waals surface area (Å²) in [5.74, 6) is 0.0586. The number of nitrogens with one attached hydrogen (secondary N) is 1. The smallest absolute Gasteiger partial charge is 0.255 e. The number of hydrogen-bond donors (Lipinski definition) is 3. The van der Waals surface area contributed by atoms with E-state index in [0.29, 0.717) is 34.9 Å². The van der Waals surface area contributed by atoms with E-state index in [1.54, 1.807) is 18.2 Å². The summed E-state index contributed by atoms with van der Waals surface area (Å²) in [7, 11) is 0. The van der Waals surface area contributed by atoms with E-state index in [2.05, 4.69) is 16.3 Å². The second-order valence-electron chi connectivity index (χ2n) is 7.00. The average Bonchev–Trinajstić information content (AvgIpc) is 3.20.